The third-order valence-electron chi connectivity index (χ3n) is 9.07. The number of hydrogen-bond donors (Lipinski definition) is 0. The number of fused-ring (bicyclic) bond motifs is 9. The smallest absolute Gasteiger partial charge is 0.159 e. The lowest BCUT2D eigenvalue weighted by molar-refractivity contribution is 0.668. The van der Waals surface area contributed by atoms with Crippen LogP contribution in [0.4, 0.5) is 17.1 Å². The summed E-state index contributed by atoms with van der Waals surface area (Å²) in [5.41, 5.74) is 8.77. The Bertz CT molecular complexity index is 2770. The van der Waals surface area contributed by atoms with Gasteiger partial charge in [-0.15, -0.1) is 11.3 Å². The monoisotopic (exact) mass is 607 g/mol. The highest BCUT2D eigenvalue weighted by Gasteiger charge is 2.24. The van der Waals surface area contributed by atoms with Crippen molar-refractivity contribution in [2.45, 2.75) is 0 Å². The average Bonchev–Trinajstić information content (AvgIpc) is 3.80. The van der Waals surface area contributed by atoms with Gasteiger partial charge >= 0.3 is 0 Å². The van der Waals surface area contributed by atoms with E-state index in [4.69, 9.17) is 8.83 Å². The molecule has 0 unspecified atom stereocenters. The summed E-state index contributed by atoms with van der Waals surface area (Å²) in [5.74, 6) is 0. The molecule has 0 saturated heterocycles. The van der Waals surface area contributed by atoms with Crippen LogP contribution in [0.25, 0.3) is 75.2 Å². The number of furan rings is 2. The van der Waals surface area contributed by atoms with Crippen LogP contribution < -0.4 is 4.90 Å². The van der Waals surface area contributed by atoms with E-state index in [0.717, 1.165) is 72.1 Å². The Hall–Kier alpha value is -5.84. The molecule has 0 aliphatic carbocycles. The maximum Gasteiger partial charge on any atom is 0.159 e. The molecular weight excluding hydrogens is 583 g/mol. The van der Waals surface area contributed by atoms with E-state index in [2.05, 4.69) is 138 Å². The standard InChI is InChI=1S/C42H25NO2S/c1-2-11-26(12-3-1)28-15-8-16-31-32-17-9-19-35(42(32)45-41(28)31)43(27-23-24-30-29-13-5-7-22-38(29)46-39(30)25-27)34-18-10-21-37-40(34)33-14-4-6-20-36(33)44-37/h1-25H. The fraction of sp³-hybridized carbons (Fsp3) is 0. The van der Waals surface area contributed by atoms with Crippen LogP contribution >= 0.6 is 11.3 Å². The first kappa shape index (κ1) is 25.5. The number of anilines is 3. The summed E-state index contributed by atoms with van der Waals surface area (Å²) < 4.78 is 15.9. The number of benzene rings is 7. The number of hydrogen-bond acceptors (Lipinski definition) is 4. The number of para-hydroxylation sites is 3. The van der Waals surface area contributed by atoms with E-state index in [1.807, 2.05) is 29.5 Å². The van der Waals surface area contributed by atoms with Crippen LogP contribution in [-0.4, -0.2) is 0 Å². The molecule has 0 amide bonds. The molecule has 0 atom stereocenters. The minimum Gasteiger partial charge on any atom is -0.456 e. The van der Waals surface area contributed by atoms with Gasteiger partial charge in [0.1, 0.15) is 16.7 Å². The third-order valence-corrected chi connectivity index (χ3v) is 10.2. The van der Waals surface area contributed by atoms with Crippen molar-refractivity contribution in [2.75, 3.05) is 4.90 Å². The number of thiophene rings is 1. The quantitative estimate of drug-likeness (QED) is 0.199. The first-order valence-electron chi connectivity index (χ1n) is 15.4. The second kappa shape index (κ2) is 9.83. The lowest BCUT2D eigenvalue weighted by atomic mass is 10.0. The third kappa shape index (κ3) is 3.71. The van der Waals surface area contributed by atoms with E-state index < -0.39 is 0 Å². The molecule has 10 aromatic rings. The Kier molecular flexibility index (Phi) is 5.45. The van der Waals surface area contributed by atoms with Gasteiger partial charge in [-0.2, -0.15) is 0 Å². The van der Waals surface area contributed by atoms with Crippen molar-refractivity contribution in [3.05, 3.63) is 152 Å². The van der Waals surface area contributed by atoms with Gasteiger partial charge in [-0.3, -0.25) is 0 Å². The predicted octanol–water partition coefficient (Wildman–Crippen LogP) is 13.0. The van der Waals surface area contributed by atoms with Gasteiger partial charge < -0.3 is 13.7 Å². The van der Waals surface area contributed by atoms with Crippen LogP contribution in [0.5, 0.6) is 0 Å². The molecule has 46 heavy (non-hydrogen) atoms. The van der Waals surface area contributed by atoms with Crippen LogP contribution in [0.3, 0.4) is 0 Å². The van der Waals surface area contributed by atoms with E-state index in [0.29, 0.717) is 0 Å². The van der Waals surface area contributed by atoms with Crippen molar-refractivity contribution < 1.29 is 8.83 Å². The maximum atomic E-state index is 6.95. The van der Waals surface area contributed by atoms with Crippen molar-refractivity contribution in [3.8, 4) is 11.1 Å². The minimum atomic E-state index is 0.849. The SMILES string of the molecule is c1ccc(-c2cccc3c2oc2c(N(c4ccc5c(c4)sc4ccccc45)c4cccc5oc6ccccc6c45)cccc23)cc1. The molecule has 3 heterocycles. The zero-order valence-corrected chi connectivity index (χ0v) is 25.4. The molecule has 0 spiro atoms. The van der Waals surface area contributed by atoms with Crippen LogP contribution in [0.2, 0.25) is 0 Å². The molecule has 0 N–H and O–H groups in total. The van der Waals surface area contributed by atoms with E-state index in [9.17, 15) is 0 Å². The van der Waals surface area contributed by atoms with E-state index in [1.54, 1.807) is 0 Å². The fourth-order valence-electron chi connectivity index (χ4n) is 7.03. The molecule has 3 nitrogen and oxygen atoms in total. The normalized spacial score (nSPS) is 11.9. The van der Waals surface area contributed by atoms with Gasteiger partial charge in [0.15, 0.2) is 5.58 Å². The summed E-state index contributed by atoms with van der Waals surface area (Å²) in [6, 6.07) is 53.4. The highest BCUT2D eigenvalue weighted by molar-refractivity contribution is 7.25. The second-order valence-electron chi connectivity index (χ2n) is 11.7. The van der Waals surface area contributed by atoms with Gasteiger partial charge in [0.25, 0.3) is 0 Å². The van der Waals surface area contributed by atoms with Gasteiger partial charge in [-0.25, -0.2) is 0 Å². The Morgan fingerprint density at radius 2 is 1.11 bits per heavy atom. The summed E-state index contributed by atoms with van der Waals surface area (Å²) in [4.78, 5) is 2.35. The molecule has 3 aromatic heterocycles. The number of nitrogens with zero attached hydrogens (tertiary/aromatic N) is 1. The first-order chi connectivity index (χ1) is 22.8. The molecule has 0 saturated carbocycles. The van der Waals surface area contributed by atoms with Crippen molar-refractivity contribution >= 4 is 92.4 Å². The predicted molar refractivity (Wildman–Crippen MR) is 194 cm³/mol. The highest BCUT2D eigenvalue weighted by atomic mass is 32.1. The van der Waals surface area contributed by atoms with Gasteiger partial charge in [-0.05, 0) is 48.0 Å². The molecule has 0 bridgehead atoms. The molecule has 216 valence electrons. The second-order valence-corrected chi connectivity index (χ2v) is 12.8. The highest BCUT2D eigenvalue weighted by Crippen LogP contribution is 2.48. The summed E-state index contributed by atoms with van der Waals surface area (Å²) in [6.07, 6.45) is 0. The largest absolute Gasteiger partial charge is 0.456 e. The average molecular weight is 608 g/mol. The molecule has 0 aliphatic heterocycles. The summed E-state index contributed by atoms with van der Waals surface area (Å²) in [5, 5.41) is 6.91. The van der Waals surface area contributed by atoms with Crippen LogP contribution in [-0.2, 0) is 0 Å². The topological polar surface area (TPSA) is 29.5 Å². The Labute approximate surface area is 268 Å². The molecule has 0 aliphatic rings. The molecule has 7 aromatic carbocycles. The fourth-order valence-corrected chi connectivity index (χ4v) is 8.17. The van der Waals surface area contributed by atoms with E-state index in [1.165, 1.54) is 20.2 Å². The summed E-state index contributed by atoms with van der Waals surface area (Å²) in [7, 11) is 0. The maximum absolute atomic E-state index is 6.95. The lowest BCUT2D eigenvalue weighted by Crippen LogP contribution is -2.10. The molecule has 0 fully saturated rings. The van der Waals surface area contributed by atoms with Gasteiger partial charge in [-0.1, -0.05) is 109 Å². The van der Waals surface area contributed by atoms with Crippen molar-refractivity contribution in [2.24, 2.45) is 0 Å². The summed E-state index contributed by atoms with van der Waals surface area (Å²) in [6.45, 7) is 0. The van der Waals surface area contributed by atoms with Gasteiger partial charge in [0.05, 0.1) is 16.8 Å². The van der Waals surface area contributed by atoms with Crippen molar-refractivity contribution in [3.63, 3.8) is 0 Å². The first-order valence-corrected chi connectivity index (χ1v) is 16.2. The molecular formula is C42H25NO2S. The van der Waals surface area contributed by atoms with Gasteiger partial charge in [0.2, 0.25) is 0 Å². The Morgan fingerprint density at radius 3 is 2.02 bits per heavy atom. The van der Waals surface area contributed by atoms with Crippen molar-refractivity contribution in [1.29, 1.82) is 0 Å². The van der Waals surface area contributed by atoms with Crippen LogP contribution in [0, 0.1) is 0 Å². The van der Waals surface area contributed by atoms with Crippen LogP contribution in [0.1, 0.15) is 0 Å². The minimum absolute atomic E-state index is 0.849. The van der Waals surface area contributed by atoms with Crippen molar-refractivity contribution in [1.82, 2.24) is 0 Å². The zero-order chi connectivity index (χ0) is 30.2. The molecule has 10 rings (SSSR count). The zero-order valence-electron chi connectivity index (χ0n) is 24.6. The Morgan fingerprint density at radius 1 is 0.435 bits per heavy atom. The Balaban J connectivity index is 1.30. The van der Waals surface area contributed by atoms with Gasteiger partial charge in [0, 0.05) is 47.6 Å². The van der Waals surface area contributed by atoms with Crippen LogP contribution in [0.15, 0.2) is 160 Å². The molecule has 0 radical (unpaired) electrons. The van der Waals surface area contributed by atoms with E-state index in [-0.39, 0.29) is 0 Å². The molecule has 4 heteroatoms. The lowest BCUT2D eigenvalue weighted by Gasteiger charge is -2.26. The summed E-state index contributed by atoms with van der Waals surface area (Å²) >= 11 is 1.83. The number of rotatable bonds is 4. The van der Waals surface area contributed by atoms with E-state index >= 15 is 0 Å².